The van der Waals surface area contributed by atoms with Gasteiger partial charge in [0.2, 0.25) is 0 Å². The van der Waals surface area contributed by atoms with Gasteiger partial charge in [0.05, 0.1) is 18.8 Å². The first-order valence-electron chi connectivity index (χ1n) is 6.81. The summed E-state index contributed by atoms with van der Waals surface area (Å²) in [7, 11) is 0. The van der Waals surface area contributed by atoms with E-state index in [0.717, 1.165) is 30.0 Å². The summed E-state index contributed by atoms with van der Waals surface area (Å²) in [4.78, 5) is 4.22. The maximum atomic E-state index is 5.87. The third-order valence-electron chi connectivity index (χ3n) is 2.86. The highest BCUT2D eigenvalue weighted by molar-refractivity contribution is 6.28. The molecule has 5 heteroatoms. The number of hydrogen-bond donors (Lipinski definition) is 1. The van der Waals surface area contributed by atoms with E-state index in [0.29, 0.717) is 11.8 Å². The summed E-state index contributed by atoms with van der Waals surface area (Å²) in [5.74, 6) is 1.53. The molecule has 0 bridgehead atoms. The van der Waals surface area contributed by atoms with Crippen LogP contribution in [0.3, 0.4) is 0 Å². The molecule has 2 rings (SSSR count). The van der Waals surface area contributed by atoms with Crippen molar-refractivity contribution in [2.45, 2.75) is 26.3 Å². The predicted octanol–water partition coefficient (Wildman–Crippen LogP) is 3.82. The van der Waals surface area contributed by atoms with Crippen molar-refractivity contribution in [1.29, 1.82) is 0 Å². The number of halogens is 1. The van der Waals surface area contributed by atoms with Crippen molar-refractivity contribution in [2.24, 2.45) is 0 Å². The van der Waals surface area contributed by atoms with Crippen LogP contribution in [-0.2, 0) is 0 Å². The lowest BCUT2D eigenvalue weighted by Gasteiger charge is -2.17. The van der Waals surface area contributed by atoms with E-state index in [1.807, 2.05) is 25.3 Å². The van der Waals surface area contributed by atoms with Crippen LogP contribution in [0.2, 0.25) is 5.22 Å². The second-order valence-corrected chi connectivity index (χ2v) is 4.79. The van der Waals surface area contributed by atoms with E-state index in [4.69, 9.17) is 20.8 Å². The monoisotopic (exact) mass is 294 g/mol. The number of nitrogens with zero attached hydrogens (tertiary/aromatic N) is 1. The van der Waals surface area contributed by atoms with E-state index in [-0.39, 0.29) is 6.04 Å². The summed E-state index contributed by atoms with van der Waals surface area (Å²) < 4.78 is 11.0. The van der Waals surface area contributed by atoms with Crippen molar-refractivity contribution < 1.29 is 9.15 Å². The molecule has 2 heterocycles. The minimum Gasteiger partial charge on any atom is -0.492 e. The third-order valence-corrected chi connectivity index (χ3v) is 3.06. The van der Waals surface area contributed by atoms with Gasteiger partial charge >= 0.3 is 0 Å². The number of ether oxygens (including phenoxy) is 1. The maximum absolute atomic E-state index is 5.87. The summed E-state index contributed by atoms with van der Waals surface area (Å²) in [6.45, 7) is 5.56. The molecule has 0 aliphatic rings. The molecule has 2 aromatic heterocycles. The average Bonchev–Trinajstić information content (AvgIpc) is 2.87. The lowest BCUT2D eigenvalue weighted by atomic mass is 10.1. The standard InChI is InChI=1S/C15H19ClN2O2/c1-3-7-18-15(13-5-6-14(16)20-13)11-8-12(19-4-2)10-17-9-11/h5-6,8-10,15,18H,3-4,7H2,1-2H3. The van der Waals surface area contributed by atoms with Gasteiger partial charge in [0.25, 0.3) is 0 Å². The van der Waals surface area contributed by atoms with Gasteiger partial charge in [-0.15, -0.1) is 0 Å². The van der Waals surface area contributed by atoms with Crippen molar-refractivity contribution >= 4 is 11.6 Å². The summed E-state index contributed by atoms with van der Waals surface area (Å²) >= 11 is 5.87. The topological polar surface area (TPSA) is 47.3 Å². The Morgan fingerprint density at radius 1 is 1.35 bits per heavy atom. The zero-order valence-corrected chi connectivity index (χ0v) is 12.5. The molecule has 108 valence electrons. The summed E-state index contributed by atoms with van der Waals surface area (Å²) in [5.41, 5.74) is 0.996. The molecule has 0 fully saturated rings. The van der Waals surface area contributed by atoms with Crippen molar-refractivity contribution in [2.75, 3.05) is 13.2 Å². The fourth-order valence-electron chi connectivity index (χ4n) is 1.99. The molecule has 1 N–H and O–H groups in total. The smallest absolute Gasteiger partial charge is 0.193 e. The molecule has 1 unspecified atom stereocenters. The zero-order valence-electron chi connectivity index (χ0n) is 11.7. The van der Waals surface area contributed by atoms with E-state index >= 15 is 0 Å². The Morgan fingerprint density at radius 3 is 2.85 bits per heavy atom. The van der Waals surface area contributed by atoms with E-state index in [9.17, 15) is 0 Å². The Morgan fingerprint density at radius 2 is 2.20 bits per heavy atom. The highest BCUT2D eigenvalue weighted by Gasteiger charge is 2.18. The molecule has 0 aliphatic carbocycles. The van der Waals surface area contributed by atoms with Gasteiger partial charge in [-0.05, 0) is 55.3 Å². The van der Waals surface area contributed by atoms with Gasteiger partial charge in [-0.3, -0.25) is 4.98 Å². The SMILES string of the molecule is CCCNC(c1cncc(OCC)c1)c1ccc(Cl)o1. The molecule has 0 saturated heterocycles. The molecule has 0 aliphatic heterocycles. The summed E-state index contributed by atoms with van der Waals surface area (Å²) in [5, 5.41) is 3.82. The van der Waals surface area contributed by atoms with Gasteiger partial charge in [0.1, 0.15) is 11.5 Å². The van der Waals surface area contributed by atoms with Crippen molar-refractivity contribution in [3.05, 3.63) is 47.1 Å². The van der Waals surface area contributed by atoms with Gasteiger partial charge in [-0.2, -0.15) is 0 Å². The van der Waals surface area contributed by atoms with E-state index in [2.05, 4.69) is 17.2 Å². The van der Waals surface area contributed by atoms with Crippen LogP contribution >= 0.6 is 11.6 Å². The number of pyridine rings is 1. The van der Waals surface area contributed by atoms with Crippen LogP contribution in [0.15, 0.2) is 35.0 Å². The fraction of sp³-hybridized carbons (Fsp3) is 0.400. The van der Waals surface area contributed by atoms with E-state index in [1.54, 1.807) is 12.3 Å². The lowest BCUT2D eigenvalue weighted by Crippen LogP contribution is -2.23. The lowest BCUT2D eigenvalue weighted by molar-refractivity contribution is 0.337. The fourth-order valence-corrected chi connectivity index (χ4v) is 2.15. The Bertz CT molecular complexity index is 542. The van der Waals surface area contributed by atoms with Gasteiger partial charge in [0.15, 0.2) is 5.22 Å². The van der Waals surface area contributed by atoms with E-state index in [1.165, 1.54) is 0 Å². The predicted molar refractivity (Wildman–Crippen MR) is 79.3 cm³/mol. The van der Waals surface area contributed by atoms with Gasteiger partial charge in [0, 0.05) is 6.20 Å². The second kappa shape index (κ2) is 7.31. The molecule has 2 aromatic rings. The van der Waals surface area contributed by atoms with Crippen LogP contribution in [0, 0.1) is 0 Å². The van der Waals surface area contributed by atoms with Crippen molar-refractivity contribution in [1.82, 2.24) is 10.3 Å². The number of nitrogens with one attached hydrogen (secondary N) is 1. The van der Waals surface area contributed by atoms with Crippen LogP contribution in [0.25, 0.3) is 0 Å². The maximum Gasteiger partial charge on any atom is 0.193 e. The normalized spacial score (nSPS) is 12.3. The summed E-state index contributed by atoms with van der Waals surface area (Å²) in [6, 6.07) is 5.52. The molecule has 0 amide bonds. The third kappa shape index (κ3) is 3.74. The molecular weight excluding hydrogens is 276 g/mol. The molecule has 0 saturated carbocycles. The molecule has 0 aromatic carbocycles. The highest BCUT2D eigenvalue weighted by atomic mass is 35.5. The van der Waals surface area contributed by atoms with E-state index < -0.39 is 0 Å². The Labute approximate surface area is 124 Å². The zero-order chi connectivity index (χ0) is 14.4. The number of rotatable bonds is 7. The molecule has 1 atom stereocenters. The Kier molecular flexibility index (Phi) is 5.44. The van der Waals surface area contributed by atoms with Gasteiger partial charge in [-0.1, -0.05) is 6.92 Å². The molecule has 0 radical (unpaired) electrons. The van der Waals surface area contributed by atoms with Gasteiger partial charge < -0.3 is 14.5 Å². The van der Waals surface area contributed by atoms with Crippen LogP contribution in [0.1, 0.15) is 37.6 Å². The minimum atomic E-state index is -0.0737. The highest BCUT2D eigenvalue weighted by Crippen LogP contribution is 2.27. The molecule has 20 heavy (non-hydrogen) atoms. The largest absolute Gasteiger partial charge is 0.492 e. The van der Waals surface area contributed by atoms with Crippen molar-refractivity contribution in [3.8, 4) is 5.75 Å². The number of furan rings is 1. The first-order chi connectivity index (χ1) is 9.74. The summed E-state index contributed by atoms with van der Waals surface area (Å²) in [6.07, 6.45) is 4.55. The quantitative estimate of drug-likeness (QED) is 0.843. The first-order valence-corrected chi connectivity index (χ1v) is 7.18. The van der Waals surface area contributed by atoms with Crippen LogP contribution in [0.5, 0.6) is 5.75 Å². The molecular formula is C15H19ClN2O2. The Balaban J connectivity index is 2.28. The average molecular weight is 295 g/mol. The van der Waals surface area contributed by atoms with Crippen LogP contribution in [-0.4, -0.2) is 18.1 Å². The van der Waals surface area contributed by atoms with Crippen LogP contribution in [0.4, 0.5) is 0 Å². The second-order valence-electron chi connectivity index (χ2n) is 4.42. The minimum absolute atomic E-state index is 0.0737. The molecule has 0 spiro atoms. The number of aromatic nitrogens is 1. The van der Waals surface area contributed by atoms with Gasteiger partial charge in [-0.25, -0.2) is 0 Å². The van der Waals surface area contributed by atoms with Crippen LogP contribution < -0.4 is 10.1 Å². The molecule has 4 nitrogen and oxygen atoms in total. The number of hydrogen-bond acceptors (Lipinski definition) is 4. The Hall–Kier alpha value is -1.52. The first kappa shape index (κ1) is 14.9. The van der Waals surface area contributed by atoms with Crippen molar-refractivity contribution in [3.63, 3.8) is 0 Å².